The molecule has 23 heavy (non-hydrogen) atoms. The molecule has 2 heterocycles. The average Bonchev–Trinajstić information content (AvgIpc) is 2.79. The Labute approximate surface area is 155 Å². The lowest BCUT2D eigenvalue weighted by atomic mass is 10.0. The first kappa shape index (κ1) is 18.8. The van der Waals surface area contributed by atoms with Gasteiger partial charge < -0.3 is 22.1 Å². The normalized spacial score (nSPS) is 30.4. The summed E-state index contributed by atoms with van der Waals surface area (Å²) in [5.74, 6) is -0.853. The van der Waals surface area contributed by atoms with E-state index in [9.17, 15) is 14.7 Å². The molecule has 0 aromatic carbocycles. The van der Waals surface area contributed by atoms with Crippen LogP contribution >= 0.6 is 23.4 Å². The summed E-state index contributed by atoms with van der Waals surface area (Å²) in [4.78, 5) is 28.5. The second-order valence-electron chi connectivity index (χ2n) is 5.92. The number of carboxylic acid groups (broad SMARTS) is 1. The van der Waals surface area contributed by atoms with Crippen molar-refractivity contribution < 1.29 is 36.7 Å². The van der Waals surface area contributed by atoms with Crippen LogP contribution in [0.1, 0.15) is 38.5 Å². The van der Waals surface area contributed by atoms with Gasteiger partial charge in [0.25, 0.3) is 11.9 Å². The zero-order valence-electron chi connectivity index (χ0n) is 12.6. The number of nitrogens with one attached hydrogen (secondary N) is 1. The molecule has 3 aliphatic rings. The van der Waals surface area contributed by atoms with Crippen molar-refractivity contribution in [2.24, 2.45) is 0 Å². The maximum atomic E-state index is 12.4. The van der Waals surface area contributed by atoms with Crippen LogP contribution in [-0.4, -0.2) is 50.1 Å². The second kappa shape index (κ2) is 8.03. The van der Waals surface area contributed by atoms with Gasteiger partial charge in [-0.2, -0.15) is 0 Å². The smallest absolute Gasteiger partial charge is 0.352 e. The number of alkyl halides is 1. The van der Waals surface area contributed by atoms with Gasteiger partial charge >= 0.3 is 5.97 Å². The highest BCUT2D eigenvalue weighted by atomic mass is 79.9. The van der Waals surface area contributed by atoms with Crippen LogP contribution in [-0.2, 0) is 9.59 Å². The monoisotopic (exact) mass is 422 g/mol. The van der Waals surface area contributed by atoms with Gasteiger partial charge in [-0.3, -0.25) is 9.69 Å². The summed E-state index contributed by atoms with van der Waals surface area (Å²) in [5, 5.41) is 9.07. The van der Waals surface area contributed by atoms with Crippen LogP contribution in [0.4, 0.5) is 0 Å². The fraction of sp³-hybridized carbons (Fsp3) is 0.667. The fourth-order valence-corrected chi connectivity index (χ4v) is 4.87. The van der Waals surface area contributed by atoms with Gasteiger partial charge in [0.2, 0.25) is 0 Å². The topological polar surface area (TPSA) is 71.6 Å². The maximum absolute atomic E-state index is 12.4. The fourth-order valence-electron chi connectivity index (χ4n) is 3.24. The minimum atomic E-state index is -1.06. The number of amides is 1. The van der Waals surface area contributed by atoms with Crippen molar-refractivity contribution in [2.75, 3.05) is 5.88 Å². The van der Waals surface area contributed by atoms with Gasteiger partial charge in [0.15, 0.2) is 11.1 Å². The van der Waals surface area contributed by atoms with Gasteiger partial charge in [0.1, 0.15) is 5.70 Å². The van der Waals surface area contributed by atoms with Gasteiger partial charge in [-0.1, -0.05) is 12.8 Å². The van der Waals surface area contributed by atoms with Gasteiger partial charge in [-0.25, -0.2) is 9.79 Å². The number of carboxylic acids is 1. The number of carbonyl (C=O) groups excluding carboxylic acids is 1. The Balaban J connectivity index is 0.00000192. The molecule has 2 aliphatic heterocycles. The molecule has 1 amide bonds. The SMILES string of the molecule is O=C(O)C1=CC(CCl)S[C@@H]2[C@H]([NH+]=C3CCCCCC3)C(=O)N12.[Br-]. The molecule has 0 aromatic rings. The summed E-state index contributed by atoms with van der Waals surface area (Å²) in [7, 11) is 0. The average molecular weight is 424 g/mol. The first-order chi connectivity index (χ1) is 10.6. The summed E-state index contributed by atoms with van der Waals surface area (Å²) >= 11 is 7.46. The molecule has 0 spiro atoms. The van der Waals surface area contributed by atoms with Gasteiger partial charge in [0.05, 0.1) is 0 Å². The van der Waals surface area contributed by atoms with E-state index in [1.54, 1.807) is 17.8 Å². The first-order valence-electron chi connectivity index (χ1n) is 7.72. The maximum Gasteiger partial charge on any atom is 0.352 e. The zero-order valence-corrected chi connectivity index (χ0v) is 15.8. The minimum absolute atomic E-state index is 0. The highest BCUT2D eigenvalue weighted by Gasteiger charge is 2.57. The van der Waals surface area contributed by atoms with Crippen LogP contribution in [0.3, 0.4) is 0 Å². The van der Waals surface area contributed by atoms with Crippen molar-refractivity contribution >= 4 is 41.0 Å². The second-order valence-corrected chi connectivity index (χ2v) is 7.59. The van der Waals surface area contributed by atoms with Crippen molar-refractivity contribution in [1.82, 2.24) is 4.90 Å². The van der Waals surface area contributed by atoms with Gasteiger partial charge in [-0.05, 0) is 18.9 Å². The Kier molecular flexibility index (Phi) is 6.57. The van der Waals surface area contributed by atoms with E-state index in [4.69, 9.17) is 11.6 Å². The molecule has 8 heteroatoms. The van der Waals surface area contributed by atoms with Crippen LogP contribution in [0, 0.1) is 0 Å². The number of thioether (sulfide) groups is 1. The van der Waals surface area contributed by atoms with Crippen molar-refractivity contribution in [2.45, 2.75) is 55.2 Å². The molecular formula is C15H20BrClN2O3S. The van der Waals surface area contributed by atoms with E-state index >= 15 is 0 Å². The lowest BCUT2D eigenvalue weighted by Gasteiger charge is -2.45. The van der Waals surface area contributed by atoms with Crippen molar-refractivity contribution in [3.63, 3.8) is 0 Å². The number of carbonyl (C=O) groups is 2. The Hall–Kier alpha value is -0.530. The van der Waals surface area contributed by atoms with Gasteiger partial charge in [-0.15, -0.1) is 23.4 Å². The van der Waals surface area contributed by atoms with Crippen molar-refractivity contribution in [1.29, 1.82) is 0 Å². The summed E-state index contributed by atoms with van der Waals surface area (Å²) in [6, 6.07) is -0.313. The van der Waals surface area contributed by atoms with Crippen LogP contribution in [0.25, 0.3) is 0 Å². The number of halogens is 2. The molecule has 1 aliphatic carbocycles. The van der Waals surface area contributed by atoms with E-state index in [2.05, 4.69) is 4.99 Å². The molecule has 3 atom stereocenters. The summed E-state index contributed by atoms with van der Waals surface area (Å²) in [6.07, 6.45) is 8.43. The summed E-state index contributed by atoms with van der Waals surface area (Å²) in [5.41, 5.74) is 1.31. The van der Waals surface area contributed by atoms with Crippen LogP contribution in [0.15, 0.2) is 11.8 Å². The van der Waals surface area contributed by atoms with Crippen molar-refractivity contribution in [3.8, 4) is 0 Å². The summed E-state index contributed by atoms with van der Waals surface area (Å²) in [6.45, 7) is 0. The lowest BCUT2D eigenvalue weighted by molar-refractivity contribution is -0.505. The number of nitrogens with zero attached hydrogens (tertiary/aromatic N) is 1. The lowest BCUT2D eigenvalue weighted by Crippen LogP contribution is -3.00. The Bertz CT molecular complexity index is 545. The Morgan fingerprint density at radius 1 is 1.35 bits per heavy atom. The van der Waals surface area contributed by atoms with Crippen LogP contribution in [0.2, 0.25) is 0 Å². The number of rotatable bonds is 3. The van der Waals surface area contributed by atoms with E-state index < -0.39 is 5.97 Å². The van der Waals surface area contributed by atoms with E-state index in [0.29, 0.717) is 5.88 Å². The van der Waals surface area contributed by atoms with Crippen molar-refractivity contribution in [3.05, 3.63) is 11.8 Å². The highest BCUT2D eigenvalue weighted by Crippen LogP contribution is 2.39. The molecule has 1 unspecified atom stereocenters. The molecule has 2 N–H and O–H groups in total. The number of hydrogen-bond donors (Lipinski definition) is 2. The molecule has 0 bridgehead atoms. The molecule has 5 nitrogen and oxygen atoms in total. The van der Waals surface area contributed by atoms with E-state index in [-0.39, 0.29) is 45.3 Å². The third-order valence-corrected chi connectivity index (χ3v) is 6.33. The van der Waals surface area contributed by atoms with Crippen LogP contribution < -0.4 is 22.0 Å². The quantitative estimate of drug-likeness (QED) is 0.305. The Morgan fingerprint density at radius 3 is 2.57 bits per heavy atom. The predicted octanol–water partition coefficient (Wildman–Crippen LogP) is -2.27. The Morgan fingerprint density at radius 2 is 2.00 bits per heavy atom. The molecule has 1 saturated heterocycles. The molecule has 128 valence electrons. The molecule has 0 radical (unpaired) electrons. The highest BCUT2D eigenvalue weighted by molar-refractivity contribution is 8.01. The number of fused-ring (bicyclic) bond motifs is 1. The van der Waals surface area contributed by atoms with E-state index in [0.717, 1.165) is 25.7 Å². The molecule has 1 saturated carbocycles. The summed E-state index contributed by atoms with van der Waals surface area (Å²) < 4.78 is 0. The standard InChI is InChI=1S/C15H19ClN2O3S.BrH/c16-8-10-7-11(15(20)21)18-13(19)12(14(18)22-10)17-9-5-3-1-2-4-6-9;/h7,10,12,14H,1-6,8H2,(H,20,21);1H/t10?,12-,14-;/m1./s1. The largest absolute Gasteiger partial charge is 1.00 e. The number of hydrogen-bond acceptors (Lipinski definition) is 3. The zero-order chi connectivity index (χ0) is 15.7. The minimum Gasteiger partial charge on any atom is -1.00 e. The van der Waals surface area contributed by atoms with E-state index in [1.807, 2.05) is 0 Å². The molecule has 2 fully saturated rings. The number of β-lactam (4-membered cyclic amide) rings is 1. The first-order valence-corrected chi connectivity index (χ1v) is 9.20. The number of aliphatic carboxylic acids is 1. The van der Waals surface area contributed by atoms with Gasteiger partial charge in [0, 0.05) is 24.0 Å². The van der Waals surface area contributed by atoms with Crippen LogP contribution in [0.5, 0.6) is 0 Å². The predicted molar refractivity (Wildman–Crippen MR) is 85.9 cm³/mol. The molecule has 3 rings (SSSR count). The molecular weight excluding hydrogens is 404 g/mol. The molecule has 0 aromatic heterocycles. The van der Waals surface area contributed by atoms with E-state index in [1.165, 1.54) is 23.5 Å². The third kappa shape index (κ3) is 3.77. The third-order valence-electron chi connectivity index (χ3n) is 4.40.